The second-order valence-corrected chi connectivity index (χ2v) is 8.47. The van der Waals surface area contributed by atoms with Crippen LogP contribution in [0.1, 0.15) is 38.2 Å². The molecule has 2 unspecified atom stereocenters. The molecule has 0 aromatic heterocycles. The predicted octanol–water partition coefficient (Wildman–Crippen LogP) is 1.61. The smallest absolute Gasteiger partial charge is 0.251 e. The SMILES string of the molecule is CC(N)NC(=O)C1=Cc2c(F)cccc2NC1N1CCC(NC2CCOCC2)CC1. The van der Waals surface area contributed by atoms with E-state index >= 15 is 0 Å². The number of rotatable bonds is 5. The maximum atomic E-state index is 14.3. The zero-order valence-electron chi connectivity index (χ0n) is 17.5. The van der Waals surface area contributed by atoms with Crippen molar-refractivity contribution < 1.29 is 13.9 Å². The van der Waals surface area contributed by atoms with Gasteiger partial charge >= 0.3 is 0 Å². The Morgan fingerprint density at radius 3 is 2.63 bits per heavy atom. The highest BCUT2D eigenvalue weighted by Crippen LogP contribution is 2.32. The summed E-state index contributed by atoms with van der Waals surface area (Å²) in [5.41, 5.74) is 7.40. The van der Waals surface area contributed by atoms with Crippen molar-refractivity contribution >= 4 is 17.7 Å². The molecule has 1 amide bonds. The minimum absolute atomic E-state index is 0.265. The van der Waals surface area contributed by atoms with Crippen molar-refractivity contribution in [3.05, 3.63) is 35.2 Å². The fraction of sp³-hybridized carbons (Fsp3) is 0.591. The van der Waals surface area contributed by atoms with E-state index in [1.54, 1.807) is 19.1 Å². The Bertz CT molecular complexity index is 786. The number of hydrogen-bond donors (Lipinski definition) is 4. The van der Waals surface area contributed by atoms with Crippen molar-refractivity contribution in [1.29, 1.82) is 0 Å². The van der Waals surface area contributed by atoms with Crippen LogP contribution in [0.5, 0.6) is 0 Å². The van der Waals surface area contributed by atoms with Crippen molar-refractivity contribution in [1.82, 2.24) is 15.5 Å². The second kappa shape index (κ2) is 9.43. The van der Waals surface area contributed by atoms with Crippen LogP contribution in [0.4, 0.5) is 10.1 Å². The third kappa shape index (κ3) is 4.83. The number of benzene rings is 1. The summed E-state index contributed by atoms with van der Waals surface area (Å²) in [6.45, 7) is 5.09. The van der Waals surface area contributed by atoms with Crippen molar-refractivity contribution in [2.75, 3.05) is 31.6 Å². The van der Waals surface area contributed by atoms with Gasteiger partial charge in [0.1, 0.15) is 12.0 Å². The summed E-state index contributed by atoms with van der Waals surface area (Å²) in [7, 11) is 0. The molecule has 4 rings (SSSR count). The number of likely N-dealkylation sites (tertiary alicyclic amines) is 1. The first-order valence-electron chi connectivity index (χ1n) is 10.9. The minimum atomic E-state index is -0.476. The van der Waals surface area contributed by atoms with Crippen molar-refractivity contribution in [3.8, 4) is 0 Å². The number of hydrogen-bond acceptors (Lipinski definition) is 6. The quantitative estimate of drug-likeness (QED) is 0.544. The van der Waals surface area contributed by atoms with E-state index in [0.29, 0.717) is 28.9 Å². The van der Waals surface area contributed by atoms with E-state index in [4.69, 9.17) is 10.5 Å². The molecule has 0 bridgehead atoms. The Hall–Kier alpha value is -2.00. The number of piperidine rings is 1. The van der Waals surface area contributed by atoms with E-state index in [1.165, 1.54) is 6.07 Å². The number of nitrogens with two attached hydrogens (primary N) is 1. The molecule has 0 saturated carbocycles. The van der Waals surface area contributed by atoms with Gasteiger partial charge < -0.3 is 26.4 Å². The van der Waals surface area contributed by atoms with Gasteiger partial charge in [-0.25, -0.2) is 4.39 Å². The van der Waals surface area contributed by atoms with Crippen LogP contribution >= 0.6 is 0 Å². The van der Waals surface area contributed by atoms with E-state index in [1.807, 2.05) is 6.07 Å². The fourth-order valence-electron chi connectivity index (χ4n) is 4.56. The number of carbonyl (C=O) groups is 1. The molecule has 2 saturated heterocycles. The van der Waals surface area contributed by atoms with Crippen molar-refractivity contribution in [3.63, 3.8) is 0 Å². The molecule has 0 aliphatic carbocycles. The number of amides is 1. The van der Waals surface area contributed by atoms with Gasteiger partial charge in [0.25, 0.3) is 5.91 Å². The van der Waals surface area contributed by atoms with E-state index in [-0.39, 0.29) is 17.9 Å². The molecule has 1 aromatic rings. The second-order valence-electron chi connectivity index (χ2n) is 8.47. The van der Waals surface area contributed by atoms with Gasteiger partial charge in [-0.2, -0.15) is 0 Å². The Morgan fingerprint density at radius 2 is 1.93 bits per heavy atom. The molecule has 3 aliphatic rings. The minimum Gasteiger partial charge on any atom is -0.381 e. The summed E-state index contributed by atoms with van der Waals surface area (Å²) in [6.07, 6.45) is 5.03. The number of nitrogens with zero attached hydrogens (tertiary/aromatic N) is 1. The average molecular weight is 418 g/mol. The van der Waals surface area contributed by atoms with Crippen LogP contribution in [0.2, 0.25) is 0 Å². The zero-order chi connectivity index (χ0) is 21.1. The highest BCUT2D eigenvalue weighted by Gasteiger charge is 2.34. The lowest BCUT2D eigenvalue weighted by molar-refractivity contribution is -0.118. The number of ether oxygens (including phenoxy) is 1. The molecule has 0 spiro atoms. The van der Waals surface area contributed by atoms with E-state index in [0.717, 1.165) is 52.0 Å². The zero-order valence-corrected chi connectivity index (χ0v) is 17.5. The molecule has 3 heterocycles. The number of nitrogens with one attached hydrogen (secondary N) is 3. The molecule has 5 N–H and O–H groups in total. The topological polar surface area (TPSA) is 91.6 Å². The summed E-state index contributed by atoms with van der Waals surface area (Å²) < 4.78 is 19.8. The van der Waals surface area contributed by atoms with Crippen LogP contribution in [-0.2, 0) is 9.53 Å². The van der Waals surface area contributed by atoms with Gasteiger partial charge in [0.05, 0.1) is 11.7 Å². The normalized spacial score (nSPS) is 24.5. The Morgan fingerprint density at radius 1 is 1.23 bits per heavy atom. The number of fused-ring (bicyclic) bond motifs is 1. The van der Waals surface area contributed by atoms with Crippen LogP contribution < -0.4 is 21.7 Å². The standard InChI is InChI=1S/C22H32FN5O2/c1-14(24)25-22(29)18-13-17-19(23)3-2-4-20(17)27-21(18)28-9-5-15(6-10-28)26-16-7-11-30-12-8-16/h2-4,13-16,21,26-27H,5-12,24H2,1H3,(H,25,29). The van der Waals surface area contributed by atoms with Gasteiger partial charge in [-0.3, -0.25) is 9.69 Å². The summed E-state index contributed by atoms with van der Waals surface area (Å²) in [6, 6.07) is 5.95. The van der Waals surface area contributed by atoms with Crippen LogP contribution in [0, 0.1) is 5.82 Å². The van der Waals surface area contributed by atoms with Crippen LogP contribution in [-0.4, -0.2) is 61.5 Å². The fourth-order valence-corrected chi connectivity index (χ4v) is 4.56. The van der Waals surface area contributed by atoms with Gasteiger partial charge in [-0.15, -0.1) is 0 Å². The maximum absolute atomic E-state index is 14.3. The molecule has 8 heteroatoms. The molecule has 1 aromatic carbocycles. The van der Waals surface area contributed by atoms with Gasteiger partial charge in [0.15, 0.2) is 0 Å². The van der Waals surface area contributed by atoms with Gasteiger partial charge in [0.2, 0.25) is 0 Å². The van der Waals surface area contributed by atoms with Crippen molar-refractivity contribution in [2.45, 2.75) is 57.0 Å². The van der Waals surface area contributed by atoms with Crippen molar-refractivity contribution in [2.24, 2.45) is 5.73 Å². The molecular formula is C22H32FN5O2. The monoisotopic (exact) mass is 417 g/mol. The molecular weight excluding hydrogens is 385 g/mol. The summed E-state index contributed by atoms with van der Waals surface area (Å²) in [5, 5.41) is 9.92. The lowest BCUT2D eigenvalue weighted by atomic mass is 9.96. The molecule has 30 heavy (non-hydrogen) atoms. The highest BCUT2D eigenvalue weighted by atomic mass is 19.1. The number of anilines is 1. The van der Waals surface area contributed by atoms with E-state index in [9.17, 15) is 9.18 Å². The van der Waals surface area contributed by atoms with Crippen LogP contribution in [0.15, 0.2) is 23.8 Å². The largest absolute Gasteiger partial charge is 0.381 e. The van der Waals surface area contributed by atoms with Gasteiger partial charge in [-0.05, 0) is 50.8 Å². The van der Waals surface area contributed by atoms with E-state index in [2.05, 4.69) is 20.9 Å². The summed E-state index contributed by atoms with van der Waals surface area (Å²) in [4.78, 5) is 15.1. The van der Waals surface area contributed by atoms with Crippen LogP contribution in [0.25, 0.3) is 6.08 Å². The first-order valence-corrected chi connectivity index (χ1v) is 10.9. The lowest BCUT2D eigenvalue weighted by Gasteiger charge is -2.41. The first-order chi connectivity index (χ1) is 14.5. The lowest BCUT2D eigenvalue weighted by Crippen LogP contribution is -2.54. The number of carbonyl (C=O) groups excluding carboxylic acids is 1. The summed E-state index contributed by atoms with van der Waals surface area (Å²) in [5.74, 6) is -0.609. The van der Waals surface area contributed by atoms with Gasteiger partial charge in [-0.1, -0.05) is 6.07 Å². The predicted molar refractivity (Wildman–Crippen MR) is 115 cm³/mol. The third-order valence-corrected chi connectivity index (χ3v) is 6.15. The molecule has 7 nitrogen and oxygen atoms in total. The van der Waals surface area contributed by atoms with Gasteiger partial charge in [0, 0.05) is 49.6 Å². The molecule has 0 radical (unpaired) electrons. The van der Waals surface area contributed by atoms with Crippen LogP contribution in [0.3, 0.4) is 0 Å². The third-order valence-electron chi connectivity index (χ3n) is 6.15. The van der Waals surface area contributed by atoms with E-state index < -0.39 is 6.17 Å². The maximum Gasteiger partial charge on any atom is 0.251 e. The highest BCUT2D eigenvalue weighted by molar-refractivity contribution is 6.01. The number of halogens is 1. The molecule has 3 aliphatic heterocycles. The first kappa shape index (κ1) is 21.2. The average Bonchev–Trinajstić information content (AvgIpc) is 2.74. The molecule has 2 atom stereocenters. The molecule has 164 valence electrons. The Balaban J connectivity index is 1.46. The Labute approximate surface area is 177 Å². The Kier molecular flexibility index (Phi) is 6.67. The molecule has 2 fully saturated rings. The summed E-state index contributed by atoms with van der Waals surface area (Å²) >= 11 is 0.